The van der Waals surface area contributed by atoms with Crippen molar-refractivity contribution in [2.75, 3.05) is 0 Å². The van der Waals surface area contributed by atoms with Gasteiger partial charge in [-0.3, -0.25) is 0 Å². The number of hydrogen-bond acceptors (Lipinski definition) is 3. The number of amidine groups is 1. The Morgan fingerprint density at radius 3 is 1.70 bits per heavy atom. The largest absolute Gasteiger partial charge is 0.455 e. The topological polar surface area (TPSA) is 51.0 Å². The first kappa shape index (κ1) is 29.4. The van der Waals surface area contributed by atoms with Crippen molar-refractivity contribution in [3.8, 4) is 33.4 Å². The molecule has 0 saturated heterocycles. The molecule has 9 rings (SSSR count). The number of para-hydroxylation sites is 4. The first-order valence-corrected chi connectivity index (χ1v) is 16.5. The van der Waals surface area contributed by atoms with Gasteiger partial charge in [0.25, 0.3) is 0 Å². The molecule has 0 aliphatic heterocycles. The highest BCUT2D eigenvalue weighted by atomic mass is 16.3. The first-order chi connectivity index (χ1) is 24.6. The fraction of sp³-hybridized carbons (Fsp3) is 0. The minimum absolute atomic E-state index is 0.466. The number of hydrogen-bond donors (Lipinski definition) is 0. The third-order valence-corrected chi connectivity index (χ3v) is 9.36. The molecule has 0 atom stereocenters. The Hall–Kier alpha value is -6.78. The van der Waals surface area contributed by atoms with Gasteiger partial charge < -0.3 is 8.83 Å². The molecular formula is C46H30N2O2. The summed E-state index contributed by atoms with van der Waals surface area (Å²) in [5.74, 6) is 0.466. The number of fused-ring (bicyclic) bond motifs is 6. The monoisotopic (exact) mass is 642 g/mol. The van der Waals surface area contributed by atoms with Gasteiger partial charge in [0, 0.05) is 32.7 Å². The van der Waals surface area contributed by atoms with Crippen molar-refractivity contribution < 1.29 is 8.83 Å². The molecule has 4 heteroatoms. The van der Waals surface area contributed by atoms with Crippen LogP contribution < -0.4 is 0 Å². The van der Waals surface area contributed by atoms with E-state index in [0.29, 0.717) is 11.5 Å². The van der Waals surface area contributed by atoms with Gasteiger partial charge in [-0.1, -0.05) is 134 Å². The van der Waals surface area contributed by atoms with E-state index in [2.05, 4.69) is 121 Å². The van der Waals surface area contributed by atoms with E-state index in [-0.39, 0.29) is 0 Å². The predicted molar refractivity (Wildman–Crippen MR) is 209 cm³/mol. The summed E-state index contributed by atoms with van der Waals surface area (Å²) in [7, 11) is 0. The van der Waals surface area contributed by atoms with Crippen molar-refractivity contribution in [1.82, 2.24) is 0 Å². The highest BCUT2D eigenvalue weighted by Crippen LogP contribution is 2.37. The summed E-state index contributed by atoms with van der Waals surface area (Å²) < 4.78 is 12.6. The molecule has 0 spiro atoms. The van der Waals surface area contributed by atoms with Crippen molar-refractivity contribution in [2.24, 2.45) is 9.98 Å². The van der Waals surface area contributed by atoms with Gasteiger partial charge in [-0.25, -0.2) is 9.98 Å². The molecule has 4 nitrogen and oxygen atoms in total. The normalized spacial score (nSPS) is 11.9. The van der Waals surface area contributed by atoms with Crippen molar-refractivity contribution >= 4 is 62.1 Å². The summed E-state index contributed by atoms with van der Waals surface area (Å²) >= 11 is 0. The van der Waals surface area contributed by atoms with E-state index < -0.39 is 0 Å². The fourth-order valence-electron chi connectivity index (χ4n) is 6.87. The van der Waals surface area contributed by atoms with Crippen molar-refractivity contribution in [2.45, 2.75) is 0 Å². The molecular weight excluding hydrogens is 613 g/mol. The van der Waals surface area contributed by atoms with E-state index in [1.807, 2.05) is 54.6 Å². The molecule has 0 aliphatic carbocycles. The third-order valence-electron chi connectivity index (χ3n) is 9.36. The minimum atomic E-state index is 0.466. The van der Waals surface area contributed by atoms with Crippen LogP contribution in [0.25, 0.3) is 83.0 Å². The van der Waals surface area contributed by atoms with Gasteiger partial charge in [0.2, 0.25) is 0 Å². The lowest BCUT2D eigenvalue weighted by Crippen LogP contribution is -1.98. The summed E-state index contributed by atoms with van der Waals surface area (Å²) in [4.78, 5) is 9.12. The number of benzene rings is 7. The zero-order valence-electron chi connectivity index (χ0n) is 27.1. The van der Waals surface area contributed by atoms with Crippen LogP contribution in [0.1, 0.15) is 11.1 Å². The van der Waals surface area contributed by atoms with Gasteiger partial charge in [0.1, 0.15) is 22.3 Å². The molecule has 236 valence electrons. The van der Waals surface area contributed by atoms with E-state index in [9.17, 15) is 0 Å². The lowest BCUT2D eigenvalue weighted by Gasteiger charge is -2.10. The van der Waals surface area contributed by atoms with E-state index >= 15 is 0 Å². The SMILES string of the molecule is C=NC(=NC(=C)c1cccc(-c2ccc(-c3cccc(-c4cccc5c4oc4ccccc45)c3)cc2)c1)c1cccc2c1oc1ccccc12. The predicted octanol–water partition coefficient (Wildman–Crippen LogP) is 12.6. The second-order valence-corrected chi connectivity index (χ2v) is 12.3. The Morgan fingerprint density at radius 1 is 0.460 bits per heavy atom. The Kier molecular flexibility index (Phi) is 7.07. The van der Waals surface area contributed by atoms with Crippen molar-refractivity contribution in [1.29, 1.82) is 0 Å². The van der Waals surface area contributed by atoms with Crippen LogP contribution in [0.4, 0.5) is 0 Å². The summed E-state index contributed by atoms with van der Waals surface area (Å²) in [5, 5.41) is 4.33. The van der Waals surface area contributed by atoms with E-state index in [1.165, 1.54) is 0 Å². The lowest BCUT2D eigenvalue weighted by atomic mass is 9.96. The highest BCUT2D eigenvalue weighted by Gasteiger charge is 2.15. The highest BCUT2D eigenvalue weighted by molar-refractivity contribution is 6.16. The van der Waals surface area contributed by atoms with Crippen LogP contribution >= 0.6 is 0 Å². The number of furan rings is 2. The average molecular weight is 643 g/mol. The van der Waals surface area contributed by atoms with Crippen LogP contribution in [0.15, 0.2) is 183 Å². The molecule has 0 unspecified atom stereocenters. The van der Waals surface area contributed by atoms with Gasteiger partial charge >= 0.3 is 0 Å². The van der Waals surface area contributed by atoms with Crippen LogP contribution in [0.5, 0.6) is 0 Å². The molecule has 7 aromatic carbocycles. The molecule has 0 amide bonds. The van der Waals surface area contributed by atoms with Gasteiger partial charge in [-0.2, -0.15) is 0 Å². The molecule has 50 heavy (non-hydrogen) atoms. The molecule has 0 bridgehead atoms. The minimum Gasteiger partial charge on any atom is -0.455 e. The fourth-order valence-corrected chi connectivity index (χ4v) is 6.87. The van der Waals surface area contributed by atoms with Crippen molar-refractivity contribution in [3.05, 3.63) is 175 Å². The Morgan fingerprint density at radius 2 is 1.00 bits per heavy atom. The zero-order chi connectivity index (χ0) is 33.6. The number of rotatable bonds is 6. The van der Waals surface area contributed by atoms with Crippen LogP contribution in [-0.2, 0) is 0 Å². The number of aliphatic imine (C=N–C) groups is 2. The van der Waals surface area contributed by atoms with Gasteiger partial charge in [-0.15, -0.1) is 0 Å². The summed E-state index contributed by atoms with van der Waals surface area (Å²) in [6.45, 7) is 8.12. The van der Waals surface area contributed by atoms with Crippen LogP contribution in [0.2, 0.25) is 0 Å². The summed E-state index contributed by atoms with van der Waals surface area (Å²) in [5.41, 5.74) is 12.3. The Labute approximate surface area is 289 Å². The molecule has 0 fully saturated rings. The maximum Gasteiger partial charge on any atom is 0.162 e. The van der Waals surface area contributed by atoms with Crippen LogP contribution in [0, 0.1) is 0 Å². The molecule has 0 N–H and O–H groups in total. The van der Waals surface area contributed by atoms with Crippen LogP contribution in [0.3, 0.4) is 0 Å². The maximum absolute atomic E-state index is 6.33. The zero-order valence-corrected chi connectivity index (χ0v) is 27.1. The van der Waals surface area contributed by atoms with Crippen LogP contribution in [-0.4, -0.2) is 12.6 Å². The lowest BCUT2D eigenvalue weighted by molar-refractivity contribution is 0.668. The summed E-state index contributed by atoms with van der Waals surface area (Å²) in [6, 6.07) is 54.1. The third kappa shape index (κ3) is 5.02. The quantitative estimate of drug-likeness (QED) is 0.134. The average Bonchev–Trinajstić information content (AvgIpc) is 3.76. The Bertz CT molecular complexity index is 2800. The van der Waals surface area contributed by atoms with E-state index in [1.54, 1.807) is 0 Å². The molecule has 0 radical (unpaired) electrons. The maximum atomic E-state index is 6.33. The van der Waals surface area contributed by atoms with Gasteiger partial charge in [0.05, 0.1) is 11.3 Å². The molecule has 0 aliphatic rings. The van der Waals surface area contributed by atoms with Gasteiger partial charge in [-0.05, 0) is 64.9 Å². The van der Waals surface area contributed by atoms with E-state index in [4.69, 9.17) is 13.8 Å². The molecule has 2 heterocycles. The molecule has 0 saturated carbocycles. The smallest absolute Gasteiger partial charge is 0.162 e. The summed E-state index contributed by atoms with van der Waals surface area (Å²) in [6.07, 6.45) is 0. The van der Waals surface area contributed by atoms with Gasteiger partial charge in [0.15, 0.2) is 5.84 Å². The van der Waals surface area contributed by atoms with E-state index in [0.717, 1.165) is 88.4 Å². The molecule has 9 aromatic rings. The molecule has 2 aromatic heterocycles. The second kappa shape index (κ2) is 12.0. The second-order valence-electron chi connectivity index (χ2n) is 12.3. The number of nitrogens with zero attached hydrogens (tertiary/aromatic N) is 2. The standard InChI is InChI=1S/C46H30N2O2/c1-29(48-46(47-2)41-20-10-19-40-38-16-4-6-22-43(38)50-45(40)41)32-11-7-12-33(27-32)30-23-25-31(26-24-30)34-13-8-14-35(28-34)36-17-9-18-39-37-15-3-5-21-42(37)49-44(36)39/h3-28H,1-2H2. The van der Waals surface area contributed by atoms with Crippen molar-refractivity contribution in [3.63, 3.8) is 0 Å². The Balaban J connectivity index is 1.00. The first-order valence-electron chi connectivity index (χ1n) is 16.5.